The third-order valence-corrected chi connectivity index (χ3v) is 9.23. The maximum absolute atomic E-state index is 9.57. The maximum atomic E-state index is 9.57. The van der Waals surface area contributed by atoms with Gasteiger partial charge in [0.25, 0.3) is 0 Å². The second-order valence-electron chi connectivity index (χ2n) is 12.3. The second-order valence-corrected chi connectivity index (χ2v) is 12.3. The number of fused-ring (bicyclic) bond motifs is 6. The lowest BCUT2D eigenvalue weighted by Gasteiger charge is -2.26. The van der Waals surface area contributed by atoms with Crippen LogP contribution in [0.2, 0.25) is 0 Å². The van der Waals surface area contributed by atoms with Gasteiger partial charge in [0.2, 0.25) is 0 Å². The molecule has 244 valence electrons. The zero-order chi connectivity index (χ0) is 46.6. The van der Waals surface area contributed by atoms with Gasteiger partial charge < -0.3 is 9.32 Å². The minimum atomic E-state index is -0.550. The van der Waals surface area contributed by atoms with E-state index in [2.05, 4.69) is 24.3 Å². The van der Waals surface area contributed by atoms with Gasteiger partial charge in [-0.1, -0.05) is 145 Å². The molecule has 2 nitrogen and oxygen atoms in total. The molecule has 1 heterocycles. The van der Waals surface area contributed by atoms with E-state index in [4.69, 9.17) is 22.2 Å². The lowest BCUT2D eigenvalue weighted by molar-refractivity contribution is 0.669. The van der Waals surface area contributed by atoms with Crippen molar-refractivity contribution in [1.29, 1.82) is 0 Å². The average Bonchev–Trinajstić information content (AvgIpc) is 3.74. The fourth-order valence-corrected chi connectivity index (χ4v) is 6.78. The lowest BCUT2D eigenvalue weighted by atomic mass is 9.97. The van der Waals surface area contributed by atoms with Crippen LogP contribution in [0.1, 0.15) is 19.2 Å². The van der Waals surface area contributed by atoms with Gasteiger partial charge in [-0.05, 0) is 109 Å². The summed E-state index contributed by atoms with van der Waals surface area (Å²) in [5.41, 5.74) is 4.42. The predicted molar refractivity (Wildman–Crippen MR) is 220 cm³/mol. The molecule has 0 N–H and O–H groups in total. The van der Waals surface area contributed by atoms with Crippen LogP contribution in [0.4, 0.5) is 17.1 Å². The number of para-hydroxylation sites is 1. The molecule has 0 atom stereocenters. The Morgan fingerprint density at radius 3 is 1.92 bits per heavy atom. The van der Waals surface area contributed by atoms with Gasteiger partial charge >= 0.3 is 0 Å². The monoisotopic (exact) mass is 677 g/mol. The summed E-state index contributed by atoms with van der Waals surface area (Å²) in [6, 6.07) is 30.1. The van der Waals surface area contributed by atoms with E-state index >= 15 is 0 Å². The van der Waals surface area contributed by atoms with Crippen LogP contribution < -0.4 is 4.90 Å². The van der Waals surface area contributed by atoms with Gasteiger partial charge in [0, 0.05) is 27.8 Å². The third kappa shape index (κ3) is 5.21. The summed E-state index contributed by atoms with van der Waals surface area (Å²) in [6.07, 6.45) is 0. The quantitative estimate of drug-likeness (QED) is 0.174. The van der Waals surface area contributed by atoms with Gasteiger partial charge in [-0.2, -0.15) is 0 Å². The Morgan fingerprint density at radius 1 is 0.404 bits per heavy atom. The highest BCUT2D eigenvalue weighted by Crippen LogP contribution is 2.41. The second kappa shape index (κ2) is 12.5. The van der Waals surface area contributed by atoms with Crippen LogP contribution in [-0.4, -0.2) is 0 Å². The van der Waals surface area contributed by atoms with Crippen molar-refractivity contribution in [2.75, 3.05) is 4.90 Å². The van der Waals surface area contributed by atoms with Crippen molar-refractivity contribution >= 4 is 60.5 Å². The van der Waals surface area contributed by atoms with Crippen molar-refractivity contribution in [3.63, 3.8) is 0 Å². The number of furan rings is 1. The molecule has 0 radical (unpaired) electrons. The number of nitrogens with zero attached hydrogens (tertiary/aromatic N) is 1. The summed E-state index contributed by atoms with van der Waals surface area (Å²) in [5.74, 6) is 0. The van der Waals surface area contributed by atoms with E-state index in [0.717, 1.165) is 27.6 Å². The molecule has 10 rings (SSSR count). The number of anilines is 3. The van der Waals surface area contributed by atoms with Crippen LogP contribution in [0.5, 0.6) is 0 Å². The zero-order valence-corrected chi connectivity index (χ0v) is 27.3. The Hall–Kier alpha value is -6.90. The van der Waals surface area contributed by atoms with Crippen LogP contribution >= 0.6 is 0 Å². The highest BCUT2D eigenvalue weighted by Gasteiger charge is 2.16. The fraction of sp³-hybridized carbons (Fsp3) is 0. The predicted octanol–water partition coefficient (Wildman–Crippen LogP) is 14.4. The number of hydrogen-bond acceptors (Lipinski definition) is 2. The summed E-state index contributed by atoms with van der Waals surface area (Å²) < 4.78 is 127. The molecule has 0 aliphatic rings. The van der Waals surface area contributed by atoms with Crippen molar-refractivity contribution in [3.8, 4) is 33.4 Å². The number of hydrogen-bond donors (Lipinski definition) is 0. The molecule has 0 amide bonds. The molecule has 0 bridgehead atoms. The van der Waals surface area contributed by atoms with Crippen molar-refractivity contribution in [1.82, 2.24) is 0 Å². The van der Waals surface area contributed by atoms with Crippen LogP contribution in [0.15, 0.2) is 204 Å². The molecule has 2 heteroatoms. The van der Waals surface area contributed by atoms with Crippen LogP contribution in [0, 0.1) is 0 Å². The maximum Gasteiger partial charge on any atom is 0.136 e. The van der Waals surface area contributed by atoms with Crippen molar-refractivity contribution in [3.05, 3.63) is 200 Å². The third-order valence-electron chi connectivity index (χ3n) is 9.23. The normalized spacial score (nSPS) is 15.2. The molecule has 0 spiro atoms. The minimum Gasteiger partial charge on any atom is -0.456 e. The summed E-state index contributed by atoms with van der Waals surface area (Å²) in [4.78, 5) is 1.97. The van der Waals surface area contributed by atoms with Gasteiger partial charge in [-0.15, -0.1) is 0 Å². The lowest BCUT2D eigenvalue weighted by Crippen LogP contribution is -2.10. The Morgan fingerprint density at radius 2 is 1.10 bits per heavy atom. The molecule has 0 fully saturated rings. The molecule has 9 aromatic carbocycles. The van der Waals surface area contributed by atoms with E-state index < -0.39 is 60.4 Å². The van der Waals surface area contributed by atoms with E-state index in [9.17, 15) is 1.37 Å². The van der Waals surface area contributed by atoms with Crippen LogP contribution in [0.25, 0.3) is 76.9 Å². The molecule has 0 saturated heterocycles. The fourth-order valence-electron chi connectivity index (χ4n) is 6.78. The summed E-state index contributed by atoms with van der Waals surface area (Å²) >= 11 is 0. The highest BCUT2D eigenvalue weighted by molar-refractivity contribution is 6.19. The molecular weight excluding hydrogens is 631 g/mol. The Bertz CT molecular complexity index is 3670. The zero-order valence-electron chi connectivity index (χ0n) is 41.3. The van der Waals surface area contributed by atoms with Gasteiger partial charge in [-0.25, -0.2) is 0 Å². The van der Waals surface area contributed by atoms with E-state index in [1.165, 1.54) is 0 Å². The number of rotatable bonds is 6. The Labute approximate surface area is 322 Å². The first-order valence-corrected chi connectivity index (χ1v) is 16.6. The van der Waals surface area contributed by atoms with E-state index in [1.807, 2.05) is 47.4 Å². The van der Waals surface area contributed by atoms with Crippen molar-refractivity contribution in [2.45, 2.75) is 0 Å². The molecule has 52 heavy (non-hydrogen) atoms. The van der Waals surface area contributed by atoms with E-state index in [0.29, 0.717) is 22.5 Å². The molecule has 0 unspecified atom stereocenters. The van der Waals surface area contributed by atoms with Gasteiger partial charge in [-0.3, -0.25) is 0 Å². The molecule has 10 aromatic rings. The topological polar surface area (TPSA) is 16.4 Å². The Balaban J connectivity index is 1.16. The summed E-state index contributed by atoms with van der Waals surface area (Å²) in [6.45, 7) is 0. The molecule has 0 aliphatic carbocycles. The molecule has 0 aliphatic heterocycles. The van der Waals surface area contributed by atoms with Gasteiger partial charge in [0.1, 0.15) is 11.2 Å². The summed E-state index contributed by atoms with van der Waals surface area (Å²) in [7, 11) is 0. The first-order chi connectivity index (χ1) is 31.6. The van der Waals surface area contributed by atoms with Crippen LogP contribution in [0.3, 0.4) is 0 Å². The van der Waals surface area contributed by atoms with Gasteiger partial charge in [0.15, 0.2) is 0 Å². The van der Waals surface area contributed by atoms with Crippen molar-refractivity contribution in [2.24, 2.45) is 0 Å². The summed E-state index contributed by atoms with van der Waals surface area (Å²) in [5, 5.41) is 1.83. The van der Waals surface area contributed by atoms with E-state index in [-0.39, 0.29) is 68.0 Å². The van der Waals surface area contributed by atoms with Gasteiger partial charge in [0.05, 0.1) is 19.2 Å². The number of benzene rings is 9. The van der Waals surface area contributed by atoms with E-state index in [1.54, 1.807) is 48.5 Å². The Kier molecular flexibility index (Phi) is 4.53. The first kappa shape index (κ1) is 18.9. The standard InChI is InChI=1S/C50H33NO/c1-2-10-34(11-3-1)35-22-27-41(28-23-35)51(43-15-8-14-40(32-43)45-18-9-13-37-12-4-5-16-44(37)45)42-29-24-36(25-30-42)39-21-20-38-26-31-49-50(47(38)33-39)46-17-6-7-19-48(46)52-49/h1-33H/i1D,2D,3D,6D,7D,10D,11D,17D,19D,20D,21D,26D,31D,33D. The smallest absolute Gasteiger partial charge is 0.136 e. The largest absolute Gasteiger partial charge is 0.456 e. The molecule has 0 saturated carbocycles. The SMILES string of the molecule is [2H]c1c([2H])c([2H])c(-c2ccc(N(c3ccc(-c4c([2H])c([2H])c5c([2H])c([2H])c6oc7c([2H])c([2H])c([2H])c([2H])c7c6c5c4[2H])cc3)c3cccc(-c4cccc5ccccc45)c3)cc2)c([2H])c1[2H]. The highest BCUT2D eigenvalue weighted by atomic mass is 16.3. The molecular formula is C50H33NO. The van der Waals surface area contributed by atoms with Crippen LogP contribution in [-0.2, 0) is 0 Å². The van der Waals surface area contributed by atoms with Crippen molar-refractivity contribution < 1.29 is 23.6 Å². The molecule has 1 aromatic heterocycles. The first-order valence-electron chi connectivity index (χ1n) is 23.6. The minimum absolute atomic E-state index is 0.00585. The average molecular weight is 678 g/mol.